The molecule has 0 saturated carbocycles. The number of aromatic nitrogens is 1. The fourth-order valence-electron chi connectivity index (χ4n) is 1.60. The van der Waals surface area contributed by atoms with E-state index < -0.39 is 10.0 Å². The highest BCUT2D eigenvalue weighted by molar-refractivity contribution is 7.89. The minimum atomic E-state index is -3.52. The van der Waals surface area contributed by atoms with Gasteiger partial charge in [-0.05, 0) is 18.6 Å². The fraction of sp³-hybridized carbons (Fsp3) is 0.538. The van der Waals surface area contributed by atoms with E-state index in [1.165, 1.54) is 18.5 Å². The predicted molar refractivity (Wildman–Crippen MR) is 85.3 cm³/mol. The summed E-state index contributed by atoms with van der Waals surface area (Å²) < 4.78 is 31.4. The molecule has 1 heterocycles. The molecule has 0 fully saturated rings. The lowest BCUT2D eigenvalue weighted by Gasteiger charge is -2.12. The summed E-state index contributed by atoms with van der Waals surface area (Å²) in [6.07, 6.45) is 3.71. The molecule has 9 heteroatoms. The molecule has 1 aromatic heterocycles. The third-order valence-corrected chi connectivity index (χ3v) is 4.14. The standard InChI is InChI=1S/C13H23N5O3S/c1-14-13(16-7-4-10-21-2)17-8-9-18-22(19,20)12-5-3-6-15-11-12/h3,5-6,11,18H,4,7-10H2,1-2H3,(H2,14,16,17). The van der Waals surface area contributed by atoms with Crippen molar-refractivity contribution in [3.8, 4) is 0 Å². The maximum atomic E-state index is 12.0. The Morgan fingerprint density at radius 2 is 2.09 bits per heavy atom. The number of pyridine rings is 1. The highest BCUT2D eigenvalue weighted by Gasteiger charge is 2.12. The van der Waals surface area contributed by atoms with Gasteiger partial charge in [-0.2, -0.15) is 0 Å². The summed E-state index contributed by atoms with van der Waals surface area (Å²) in [5.74, 6) is 0.622. The van der Waals surface area contributed by atoms with Crippen LogP contribution in [0.5, 0.6) is 0 Å². The number of hydrogen-bond donors (Lipinski definition) is 3. The van der Waals surface area contributed by atoms with E-state index in [2.05, 4.69) is 25.3 Å². The number of hydrogen-bond acceptors (Lipinski definition) is 5. The van der Waals surface area contributed by atoms with Gasteiger partial charge in [0.05, 0.1) is 0 Å². The Morgan fingerprint density at radius 1 is 1.32 bits per heavy atom. The maximum absolute atomic E-state index is 12.0. The molecule has 0 saturated heterocycles. The Balaban J connectivity index is 2.29. The van der Waals surface area contributed by atoms with Gasteiger partial charge in [0.2, 0.25) is 10.0 Å². The van der Waals surface area contributed by atoms with Gasteiger partial charge in [-0.15, -0.1) is 0 Å². The molecule has 8 nitrogen and oxygen atoms in total. The maximum Gasteiger partial charge on any atom is 0.242 e. The van der Waals surface area contributed by atoms with Crippen molar-refractivity contribution < 1.29 is 13.2 Å². The van der Waals surface area contributed by atoms with Gasteiger partial charge in [-0.25, -0.2) is 13.1 Å². The van der Waals surface area contributed by atoms with Crippen LogP contribution in [0.15, 0.2) is 34.4 Å². The van der Waals surface area contributed by atoms with E-state index in [4.69, 9.17) is 4.74 Å². The minimum absolute atomic E-state index is 0.150. The van der Waals surface area contributed by atoms with Crippen LogP contribution >= 0.6 is 0 Å². The van der Waals surface area contributed by atoms with Gasteiger partial charge in [0.25, 0.3) is 0 Å². The van der Waals surface area contributed by atoms with E-state index in [-0.39, 0.29) is 11.4 Å². The molecular weight excluding hydrogens is 306 g/mol. The topological polar surface area (TPSA) is 105 Å². The van der Waals surface area contributed by atoms with E-state index in [0.29, 0.717) is 19.1 Å². The van der Waals surface area contributed by atoms with Crippen molar-refractivity contribution in [1.82, 2.24) is 20.3 Å². The Labute approximate surface area is 131 Å². The van der Waals surface area contributed by atoms with Crippen molar-refractivity contribution in [2.24, 2.45) is 4.99 Å². The minimum Gasteiger partial charge on any atom is -0.385 e. The Kier molecular flexibility index (Phi) is 8.41. The average Bonchev–Trinajstić information content (AvgIpc) is 2.54. The monoisotopic (exact) mass is 329 g/mol. The highest BCUT2D eigenvalue weighted by atomic mass is 32.2. The van der Waals surface area contributed by atoms with Crippen LogP contribution in [-0.2, 0) is 14.8 Å². The Hall–Kier alpha value is -1.71. The van der Waals surface area contributed by atoms with Crippen LogP contribution in [0.25, 0.3) is 0 Å². The molecule has 0 amide bonds. The number of sulfonamides is 1. The van der Waals surface area contributed by atoms with Crippen LogP contribution in [0.4, 0.5) is 0 Å². The van der Waals surface area contributed by atoms with Crippen LogP contribution in [-0.4, -0.2) is 59.8 Å². The summed E-state index contributed by atoms with van der Waals surface area (Å²) in [6, 6.07) is 3.08. The molecule has 0 bridgehead atoms. The number of ether oxygens (including phenoxy) is 1. The van der Waals surface area contributed by atoms with Crippen molar-refractivity contribution in [3.63, 3.8) is 0 Å². The van der Waals surface area contributed by atoms with E-state index in [1.807, 2.05) is 0 Å². The third-order valence-electron chi connectivity index (χ3n) is 2.70. The second-order valence-electron chi connectivity index (χ2n) is 4.36. The molecule has 0 radical (unpaired) electrons. The van der Waals surface area contributed by atoms with E-state index >= 15 is 0 Å². The molecule has 0 aliphatic carbocycles. The molecule has 1 aromatic rings. The zero-order valence-corrected chi connectivity index (χ0v) is 13.7. The lowest BCUT2D eigenvalue weighted by atomic mass is 10.4. The van der Waals surface area contributed by atoms with Crippen molar-refractivity contribution in [1.29, 1.82) is 0 Å². The summed E-state index contributed by atoms with van der Waals surface area (Å²) in [6.45, 7) is 2.07. The smallest absolute Gasteiger partial charge is 0.242 e. The first kappa shape index (κ1) is 18.3. The molecular formula is C13H23N5O3S. The molecule has 0 aliphatic rings. The lowest BCUT2D eigenvalue weighted by Crippen LogP contribution is -2.41. The van der Waals surface area contributed by atoms with E-state index in [9.17, 15) is 8.42 Å². The summed E-state index contributed by atoms with van der Waals surface area (Å²) in [5.41, 5.74) is 0. The Morgan fingerprint density at radius 3 is 2.73 bits per heavy atom. The zero-order chi connectivity index (χ0) is 16.3. The SMILES string of the molecule is CN=C(NCCCOC)NCCNS(=O)(=O)c1cccnc1. The number of aliphatic imine (C=N–C) groups is 1. The largest absolute Gasteiger partial charge is 0.385 e. The highest BCUT2D eigenvalue weighted by Crippen LogP contribution is 2.04. The second-order valence-corrected chi connectivity index (χ2v) is 6.13. The van der Waals surface area contributed by atoms with Crippen LogP contribution in [0.2, 0.25) is 0 Å². The first-order valence-electron chi connectivity index (χ1n) is 6.93. The zero-order valence-electron chi connectivity index (χ0n) is 12.9. The van der Waals surface area contributed by atoms with Gasteiger partial charge < -0.3 is 15.4 Å². The normalized spacial score (nSPS) is 12.2. The molecule has 1 rings (SSSR count). The van der Waals surface area contributed by atoms with E-state index in [1.54, 1.807) is 20.2 Å². The van der Waals surface area contributed by atoms with Crippen LogP contribution in [0, 0.1) is 0 Å². The molecule has 0 atom stereocenters. The molecule has 0 spiro atoms. The van der Waals surface area contributed by atoms with Crippen molar-refractivity contribution in [3.05, 3.63) is 24.5 Å². The first-order valence-corrected chi connectivity index (χ1v) is 8.41. The Bertz CT molecular complexity index is 548. The summed E-state index contributed by atoms with van der Waals surface area (Å²) in [4.78, 5) is 7.99. The molecule has 0 unspecified atom stereocenters. The van der Waals surface area contributed by atoms with Gasteiger partial charge in [-0.3, -0.25) is 9.98 Å². The van der Waals surface area contributed by atoms with Crippen molar-refractivity contribution in [2.45, 2.75) is 11.3 Å². The summed E-state index contributed by atoms with van der Waals surface area (Å²) in [7, 11) is -0.206. The molecule has 124 valence electrons. The third kappa shape index (κ3) is 6.83. The second kappa shape index (κ2) is 10.1. The van der Waals surface area contributed by atoms with Crippen molar-refractivity contribution >= 4 is 16.0 Å². The number of nitrogens with one attached hydrogen (secondary N) is 3. The summed E-state index contributed by atoms with van der Waals surface area (Å²) >= 11 is 0. The van der Waals surface area contributed by atoms with E-state index in [0.717, 1.165) is 13.0 Å². The number of nitrogens with zero attached hydrogens (tertiary/aromatic N) is 2. The predicted octanol–water partition coefficient (Wildman–Crippen LogP) is -0.439. The van der Waals surface area contributed by atoms with Gasteiger partial charge in [0.1, 0.15) is 4.90 Å². The van der Waals surface area contributed by atoms with Gasteiger partial charge in [0, 0.05) is 52.8 Å². The van der Waals surface area contributed by atoms with Gasteiger partial charge in [-0.1, -0.05) is 0 Å². The van der Waals surface area contributed by atoms with Crippen LogP contribution in [0.1, 0.15) is 6.42 Å². The van der Waals surface area contributed by atoms with Crippen LogP contribution in [0.3, 0.4) is 0 Å². The molecule has 0 aliphatic heterocycles. The molecule has 3 N–H and O–H groups in total. The molecule has 22 heavy (non-hydrogen) atoms. The van der Waals surface area contributed by atoms with Crippen molar-refractivity contribution in [2.75, 3.05) is 40.4 Å². The molecule has 0 aromatic carbocycles. The number of guanidine groups is 1. The van der Waals surface area contributed by atoms with Crippen LogP contribution < -0.4 is 15.4 Å². The first-order chi connectivity index (χ1) is 10.6. The van der Waals surface area contributed by atoms with Gasteiger partial charge in [0.15, 0.2) is 5.96 Å². The summed E-state index contributed by atoms with van der Waals surface area (Å²) in [5, 5.41) is 6.13. The van der Waals surface area contributed by atoms with Gasteiger partial charge >= 0.3 is 0 Å². The lowest BCUT2D eigenvalue weighted by molar-refractivity contribution is 0.195. The number of rotatable bonds is 9. The fourth-order valence-corrected chi connectivity index (χ4v) is 2.59. The quantitative estimate of drug-likeness (QED) is 0.322. The number of methoxy groups -OCH3 is 1. The average molecular weight is 329 g/mol.